The minimum atomic E-state index is 0.0838. The molecule has 2 aliphatic rings. The van der Waals surface area contributed by atoms with Crippen LogP contribution in [0.4, 0.5) is 17.6 Å². The second kappa shape index (κ2) is 11.9. The summed E-state index contributed by atoms with van der Waals surface area (Å²) in [6.07, 6.45) is 3.49. The van der Waals surface area contributed by atoms with Gasteiger partial charge in [-0.1, -0.05) is 24.3 Å². The van der Waals surface area contributed by atoms with E-state index in [4.69, 9.17) is 19.4 Å². The van der Waals surface area contributed by atoms with Gasteiger partial charge in [0, 0.05) is 68.5 Å². The van der Waals surface area contributed by atoms with Crippen LogP contribution in [0.25, 0.3) is 10.9 Å². The molecule has 6 rings (SSSR count). The predicted octanol–water partition coefficient (Wildman–Crippen LogP) is 4.09. The summed E-state index contributed by atoms with van der Waals surface area (Å²) in [5.74, 6) is 3.79. The van der Waals surface area contributed by atoms with Crippen LogP contribution < -0.4 is 24.6 Å². The molecule has 0 atom stereocenters. The Morgan fingerprint density at radius 1 is 0.829 bits per heavy atom. The number of nitrogens with zero attached hydrogens (tertiary/aromatic N) is 6. The summed E-state index contributed by atoms with van der Waals surface area (Å²) < 4.78 is 11.2. The van der Waals surface area contributed by atoms with E-state index in [0.717, 1.165) is 67.1 Å². The van der Waals surface area contributed by atoms with Crippen LogP contribution >= 0.6 is 0 Å². The third kappa shape index (κ3) is 5.68. The predicted molar refractivity (Wildman–Crippen MR) is 160 cm³/mol. The molecule has 0 saturated carbocycles. The topological polar surface area (TPSA) is 96.0 Å². The summed E-state index contributed by atoms with van der Waals surface area (Å²) in [5, 5.41) is 4.57. The van der Waals surface area contributed by atoms with E-state index in [1.165, 1.54) is 0 Å². The minimum Gasteiger partial charge on any atom is -0.493 e. The normalized spacial score (nSPS) is 16.1. The van der Waals surface area contributed by atoms with Crippen molar-refractivity contribution in [1.82, 2.24) is 19.9 Å². The quantitative estimate of drug-likeness (QED) is 0.363. The van der Waals surface area contributed by atoms with E-state index in [1.807, 2.05) is 71.8 Å². The van der Waals surface area contributed by atoms with Gasteiger partial charge in [-0.2, -0.15) is 4.98 Å². The molecule has 0 bridgehead atoms. The lowest BCUT2D eigenvalue weighted by molar-refractivity contribution is 0.0718. The highest BCUT2D eigenvalue weighted by atomic mass is 16.5. The Hall–Kier alpha value is -4.60. The Morgan fingerprint density at radius 3 is 2.20 bits per heavy atom. The summed E-state index contributed by atoms with van der Waals surface area (Å²) in [6, 6.07) is 19.5. The molecule has 0 unspecified atom stereocenters. The Bertz CT molecular complexity index is 1490. The van der Waals surface area contributed by atoms with Crippen molar-refractivity contribution in [3.05, 3.63) is 72.4 Å². The molecule has 2 aromatic carbocycles. The van der Waals surface area contributed by atoms with E-state index >= 15 is 0 Å². The number of methoxy groups -OCH3 is 2. The number of nitrogens with one attached hydrogen (secondary N) is 1. The first-order chi connectivity index (χ1) is 20.1. The van der Waals surface area contributed by atoms with E-state index < -0.39 is 0 Å². The van der Waals surface area contributed by atoms with Crippen LogP contribution in [-0.2, 0) is 0 Å². The minimum absolute atomic E-state index is 0.0838. The van der Waals surface area contributed by atoms with E-state index in [1.54, 1.807) is 14.2 Å². The first kappa shape index (κ1) is 26.6. The second-order valence-corrected chi connectivity index (χ2v) is 10.3. The van der Waals surface area contributed by atoms with Gasteiger partial charge in [0.05, 0.1) is 19.7 Å². The standard InChI is InChI=1S/C31H35N7O3/c1-40-26-20-24-25(21-27(26)41-2)34-31(38-18-16-36(17-19-38)28-10-6-7-13-32-28)35-29(24)33-23-11-14-37(15-12-23)30(39)22-8-4-3-5-9-22/h3-10,13,20-21,23H,11-12,14-19H2,1-2H3,(H,33,34,35). The summed E-state index contributed by atoms with van der Waals surface area (Å²) >= 11 is 0. The van der Waals surface area contributed by atoms with Crippen molar-refractivity contribution in [1.29, 1.82) is 0 Å². The van der Waals surface area contributed by atoms with Gasteiger partial charge in [0.15, 0.2) is 11.5 Å². The fourth-order valence-electron chi connectivity index (χ4n) is 5.55. The number of hydrogen-bond donors (Lipinski definition) is 1. The average Bonchev–Trinajstić information content (AvgIpc) is 3.05. The van der Waals surface area contributed by atoms with Crippen molar-refractivity contribution in [2.75, 3.05) is 68.6 Å². The lowest BCUT2D eigenvalue weighted by Gasteiger charge is -2.36. The number of piperazine rings is 1. The Balaban J connectivity index is 1.22. The number of fused-ring (bicyclic) bond motifs is 1. The van der Waals surface area contributed by atoms with Crippen molar-refractivity contribution in [2.24, 2.45) is 0 Å². The molecule has 0 aliphatic carbocycles. The maximum Gasteiger partial charge on any atom is 0.253 e. The lowest BCUT2D eigenvalue weighted by atomic mass is 10.0. The van der Waals surface area contributed by atoms with Crippen molar-refractivity contribution in [3.8, 4) is 11.5 Å². The van der Waals surface area contributed by atoms with Crippen molar-refractivity contribution < 1.29 is 14.3 Å². The number of ether oxygens (including phenoxy) is 2. The smallest absolute Gasteiger partial charge is 0.253 e. The summed E-state index contributed by atoms with van der Waals surface area (Å²) in [7, 11) is 3.26. The monoisotopic (exact) mass is 553 g/mol. The average molecular weight is 554 g/mol. The van der Waals surface area contributed by atoms with Gasteiger partial charge in [-0.05, 0) is 43.2 Å². The molecule has 41 heavy (non-hydrogen) atoms. The maximum atomic E-state index is 13.0. The fraction of sp³-hybridized carbons (Fsp3) is 0.355. The molecule has 2 aliphatic heterocycles. The van der Waals surface area contributed by atoms with E-state index in [0.29, 0.717) is 30.5 Å². The number of aromatic nitrogens is 3. The highest BCUT2D eigenvalue weighted by molar-refractivity contribution is 5.94. The van der Waals surface area contributed by atoms with Crippen LogP contribution in [-0.4, -0.2) is 85.3 Å². The summed E-state index contributed by atoms with van der Waals surface area (Å²) in [4.78, 5) is 33.9. The van der Waals surface area contributed by atoms with Gasteiger partial charge in [-0.25, -0.2) is 9.97 Å². The van der Waals surface area contributed by atoms with Crippen LogP contribution in [0.3, 0.4) is 0 Å². The Labute approximate surface area is 239 Å². The van der Waals surface area contributed by atoms with Crippen LogP contribution in [0.2, 0.25) is 0 Å². The number of piperidine rings is 1. The lowest BCUT2D eigenvalue weighted by Crippen LogP contribution is -2.47. The summed E-state index contributed by atoms with van der Waals surface area (Å²) in [6.45, 7) is 4.62. The molecule has 2 aromatic heterocycles. The Kier molecular flexibility index (Phi) is 7.71. The number of anilines is 3. The maximum absolute atomic E-state index is 13.0. The highest BCUT2D eigenvalue weighted by Crippen LogP contribution is 2.36. The largest absolute Gasteiger partial charge is 0.493 e. The van der Waals surface area contributed by atoms with Crippen LogP contribution in [0.15, 0.2) is 66.9 Å². The molecule has 1 amide bonds. The molecular formula is C31H35N7O3. The van der Waals surface area contributed by atoms with E-state index in [-0.39, 0.29) is 11.9 Å². The van der Waals surface area contributed by atoms with Gasteiger partial charge in [-0.3, -0.25) is 4.79 Å². The van der Waals surface area contributed by atoms with Crippen LogP contribution in [0.5, 0.6) is 11.5 Å². The first-order valence-electron chi connectivity index (χ1n) is 14.1. The van der Waals surface area contributed by atoms with Crippen molar-refractivity contribution in [2.45, 2.75) is 18.9 Å². The molecule has 2 fully saturated rings. The van der Waals surface area contributed by atoms with E-state index in [2.05, 4.69) is 20.1 Å². The Morgan fingerprint density at radius 2 is 1.51 bits per heavy atom. The number of carbonyl (C=O) groups excluding carboxylic acids is 1. The zero-order valence-corrected chi connectivity index (χ0v) is 23.5. The summed E-state index contributed by atoms with van der Waals surface area (Å²) in [5.41, 5.74) is 1.52. The third-order valence-corrected chi connectivity index (χ3v) is 7.87. The van der Waals surface area contributed by atoms with Gasteiger partial charge in [0.2, 0.25) is 5.95 Å². The van der Waals surface area contributed by atoms with Gasteiger partial charge >= 0.3 is 0 Å². The van der Waals surface area contributed by atoms with Crippen LogP contribution in [0.1, 0.15) is 23.2 Å². The van der Waals surface area contributed by atoms with Gasteiger partial charge in [0.1, 0.15) is 11.6 Å². The second-order valence-electron chi connectivity index (χ2n) is 10.3. The molecule has 10 heteroatoms. The number of hydrogen-bond acceptors (Lipinski definition) is 9. The molecule has 4 aromatic rings. The SMILES string of the molecule is COc1cc2nc(N3CCN(c4ccccn4)CC3)nc(NC3CCN(C(=O)c4ccccc4)CC3)c2cc1OC. The molecule has 0 radical (unpaired) electrons. The van der Waals surface area contributed by atoms with Crippen molar-refractivity contribution >= 4 is 34.4 Å². The number of carbonyl (C=O) groups is 1. The molecule has 10 nitrogen and oxygen atoms in total. The molecule has 212 valence electrons. The van der Waals surface area contributed by atoms with Gasteiger partial charge in [0.25, 0.3) is 5.91 Å². The fourth-order valence-corrected chi connectivity index (χ4v) is 5.55. The zero-order chi connectivity index (χ0) is 28.2. The van der Waals surface area contributed by atoms with Crippen molar-refractivity contribution in [3.63, 3.8) is 0 Å². The van der Waals surface area contributed by atoms with Gasteiger partial charge < -0.3 is 29.5 Å². The molecular weight excluding hydrogens is 518 g/mol. The molecule has 0 spiro atoms. The first-order valence-corrected chi connectivity index (χ1v) is 14.1. The molecule has 1 N–H and O–H groups in total. The third-order valence-electron chi connectivity index (χ3n) is 7.87. The number of amides is 1. The number of benzene rings is 2. The van der Waals surface area contributed by atoms with E-state index in [9.17, 15) is 4.79 Å². The molecule has 4 heterocycles. The number of pyridine rings is 1. The van der Waals surface area contributed by atoms with Crippen LogP contribution in [0, 0.1) is 0 Å². The molecule has 2 saturated heterocycles. The number of likely N-dealkylation sites (tertiary alicyclic amines) is 1. The van der Waals surface area contributed by atoms with Gasteiger partial charge in [-0.15, -0.1) is 0 Å². The number of rotatable bonds is 7. The zero-order valence-electron chi connectivity index (χ0n) is 23.5. The highest BCUT2D eigenvalue weighted by Gasteiger charge is 2.26.